The van der Waals surface area contributed by atoms with Gasteiger partial charge in [-0.25, -0.2) is 9.18 Å². The molecule has 1 amide bonds. The van der Waals surface area contributed by atoms with E-state index in [-0.39, 0.29) is 24.7 Å². The van der Waals surface area contributed by atoms with Crippen LogP contribution < -0.4 is 10.1 Å². The van der Waals surface area contributed by atoms with E-state index in [4.69, 9.17) is 9.84 Å². The monoisotopic (exact) mass is 283 g/mol. The van der Waals surface area contributed by atoms with E-state index in [1.54, 1.807) is 19.9 Å². The van der Waals surface area contributed by atoms with E-state index in [1.807, 2.05) is 0 Å². The Kier molecular flexibility index (Phi) is 5.96. The number of carboxylic acid groups (broad SMARTS) is 1. The number of para-hydroxylation sites is 1. The Morgan fingerprint density at radius 3 is 2.55 bits per heavy atom. The molecule has 0 aliphatic rings. The van der Waals surface area contributed by atoms with Gasteiger partial charge in [-0.3, -0.25) is 4.79 Å². The van der Waals surface area contributed by atoms with Gasteiger partial charge < -0.3 is 15.2 Å². The molecule has 1 aromatic carbocycles. The third kappa shape index (κ3) is 4.87. The number of carbonyl (C=O) groups is 2. The molecule has 1 aromatic rings. The molecule has 0 radical (unpaired) electrons. The highest BCUT2D eigenvalue weighted by Crippen LogP contribution is 2.15. The molecule has 2 N–H and O–H groups in total. The molecule has 0 aromatic heterocycles. The van der Waals surface area contributed by atoms with Crippen LogP contribution in [0.15, 0.2) is 24.3 Å². The zero-order valence-corrected chi connectivity index (χ0v) is 11.4. The number of halogens is 1. The summed E-state index contributed by atoms with van der Waals surface area (Å²) in [5.74, 6) is -2.17. The molecule has 0 bridgehead atoms. The van der Waals surface area contributed by atoms with Crippen LogP contribution in [0.2, 0.25) is 0 Å². The van der Waals surface area contributed by atoms with Gasteiger partial charge in [0.2, 0.25) is 5.91 Å². The molecule has 0 spiro atoms. The van der Waals surface area contributed by atoms with E-state index in [9.17, 15) is 14.0 Å². The lowest BCUT2D eigenvalue weighted by atomic mass is 10.0. The van der Waals surface area contributed by atoms with Crippen molar-refractivity contribution in [1.82, 2.24) is 5.32 Å². The van der Waals surface area contributed by atoms with Gasteiger partial charge in [0.15, 0.2) is 11.6 Å². The molecule has 110 valence electrons. The molecular formula is C14H18FNO4. The predicted molar refractivity (Wildman–Crippen MR) is 70.9 cm³/mol. The number of hydrogen-bond acceptors (Lipinski definition) is 3. The zero-order valence-electron chi connectivity index (χ0n) is 11.4. The van der Waals surface area contributed by atoms with E-state index in [0.29, 0.717) is 0 Å². The number of amides is 1. The first-order valence-corrected chi connectivity index (χ1v) is 6.31. The maximum Gasteiger partial charge on any atom is 0.326 e. The van der Waals surface area contributed by atoms with Crippen molar-refractivity contribution >= 4 is 11.9 Å². The van der Waals surface area contributed by atoms with Crippen LogP contribution in [-0.4, -0.2) is 29.6 Å². The molecule has 0 aliphatic carbocycles. The summed E-state index contributed by atoms with van der Waals surface area (Å²) >= 11 is 0. The fraction of sp³-hybridized carbons (Fsp3) is 0.429. The molecule has 0 fully saturated rings. The number of nitrogens with one attached hydrogen (secondary N) is 1. The summed E-state index contributed by atoms with van der Waals surface area (Å²) in [5, 5.41) is 11.3. The summed E-state index contributed by atoms with van der Waals surface area (Å²) in [4.78, 5) is 22.5. The third-order valence-corrected chi connectivity index (χ3v) is 2.67. The number of hydrogen-bond donors (Lipinski definition) is 2. The number of carboxylic acids is 1. The molecule has 6 heteroatoms. The summed E-state index contributed by atoms with van der Waals surface area (Å²) in [6.07, 6.45) is -0.0369. The quantitative estimate of drug-likeness (QED) is 0.800. The van der Waals surface area contributed by atoms with Crippen LogP contribution in [0.1, 0.15) is 20.3 Å². The summed E-state index contributed by atoms with van der Waals surface area (Å²) in [6.45, 7) is 3.39. The van der Waals surface area contributed by atoms with Crippen LogP contribution in [0.5, 0.6) is 5.75 Å². The highest BCUT2D eigenvalue weighted by molar-refractivity contribution is 5.83. The van der Waals surface area contributed by atoms with Crippen molar-refractivity contribution in [1.29, 1.82) is 0 Å². The maximum absolute atomic E-state index is 13.2. The van der Waals surface area contributed by atoms with Gasteiger partial charge in [0, 0.05) is 0 Å². The second-order valence-electron chi connectivity index (χ2n) is 4.66. The Labute approximate surface area is 116 Å². The predicted octanol–water partition coefficient (Wildman–Crippen LogP) is 1.82. The van der Waals surface area contributed by atoms with Crippen LogP contribution >= 0.6 is 0 Å². The molecule has 20 heavy (non-hydrogen) atoms. The van der Waals surface area contributed by atoms with Crippen molar-refractivity contribution in [2.24, 2.45) is 5.92 Å². The number of rotatable bonds is 7. The number of ether oxygens (including phenoxy) is 1. The van der Waals surface area contributed by atoms with E-state index in [0.717, 1.165) is 0 Å². The summed E-state index contributed by atoms with van der Waals surface area (Å²) < 4.78 is 18.4. The van der Waals surface area contributed by atoms with Crippen molar-refractivity contribution in [2.45, 2.75) is 26.3 Å². The summed E-state index contributed by atoms with van der Waals surface area (Å²) in [5.41, 5.74) is 0. The van der Waals surface area contributed by atoms with Crippen molar-refractivity contribution in [3.63, 3.8) is 0 Å². The Morgan fingerprint density at radius 2 is 2.00 bits per heavy atom. The van der Waals surface area contributed by atoms with Gasteiger partial charge in [0.05, 0.1) is 13.0 Å². The minimum Gasteiger partial charge on any atom is -0.490 e. The van der Waals surface area contributed by atoms with Crippen LogP contribution in [0.3, 0.4) is 0 Å². The van der Waals surface area contributed by atoms with Gasteiger partial charge in [0.1, 0.15) is 6.04 Å². The Bertz CT molecular complexity index is 476. The lowest BCUT2D eigenvalue weighted by Gasteiger charge is -2.17. The molecule has 0 saturated heterocycles. The normalized spacial score (nSPS) is 12.0. The smallest absolute Gasteiger partial charge is 0.326 e. The van der Waals surface area contributed by atoms with Crippen LogP contribution in [0.25, 0.3) is 0 Å². The SMILES string of the molecule is CC(C)C(NC(=O)CCOc1ccccc1F)C(=O)O. The van der Waals surface area contributed by atoms with E-state index >= 15 is 0 Å². The number of carbonyl (C=O) groups excluding carboxylic acids is 1. The molecular weight excluding hydrogens is 265 g/mol. The first-order valence-electron chi connectivity index (χ1n) is 6.31. The van der Waals surface area contributed by atoms with Crippen molar-refractivity contribution in [3.8, 4) is 5.75 Å². The summed E-state index contributed by atoms with van der Waals surface area (Å²) in [7, 11) is 0. The zero-order chi connectivity index (χ0) is 15.1. The van der Waals surface area contributed by atoms with Crippen molar-refractivity contribution in [2.75, 3.05) is 6.61 Å². The molecule has 5 nitrogen and oxygen atoms in total. The minimum absolute atomic E-state index is 0.0167. The lowest BCUT2D eigenvalue weighted by Crippen LogP contribution is -2.44. The second-order valence-corrected chi connectivity index (χ2v) is 4.66. The van der Waals surface area contributed by atoms with Gasteiger partial charge in [0.25, 0.3) is 0 Å². The number of benzene rings is 1. The van der Waals surface area contributed by atoms with E-state index in [1.165, 1.54) is 18.2 Å². The average molecular weight is 283 g/mol. The van der Waals surface area contributed by atoms with Crippen LogP contribution in [0, 0.1) is 11.7 Å². The van der Waals surface area contributed by atoms with Gasteiger partial charge in [-0.05, 0) is 18.1 Å². The molecule has 1 rings (SSSR count). The lowest BCUT2D eigenvalue weighted by molar-refractivity contribution is -0.143. The number of aliphatic carboxylic acids is 1. The van der Waals surface area contributed by atoms with Gasteiger partial charge >= 0.3 is 5.97 Å². The molecule has 0 aliphatic heterocycles. The highest BCUT2D eigenvalue weighted by Gasteiger charge is 2.23. The minimum atomic E-state index is -1.08. The highest BCUT2D eigenvalue weighted by atomic mass is 19.1. The Morgan fingerprint density at radius 1 is 1.35 bits per heavy atom. The van der Waals surface area contributed by atoms with Crippen LogP contribution in [0.4, 0.5) is 4.39 Å². The first-order chi connectivity index (χ1) is 9.41. The Hall–Kier alpha value is -2.11. The van der Waals surface area contributed by atoms with Gasteiger partial charge in [-0.1, -0.05) is 26.0 Å². The topological polar surface area (TPSA) is 75.6 Å². The third-order valence-electron chi connectivity index (χ3n) is 2.67. The average Bonchev–Trinajstić information content (AvgIpc) is 2.37. The standard InChI is InChI=1S/C14H18FNO4/c1-9(2)13(14(18)19)16-12(17)7-8-20-11-6-4-3-5-10(11)15/h3-6,9,13H,7-8H2,1-2H3,(H,16,17)(H,18,19). The fourth-order valence-electron chi connectivity index (χ4n) is 1.57. The maximum atomic E-state index is 13.2. The van der Waals surface area contributed by atoms with Gasteiger partial charge in [-0.2, -0.15) is 0 Å². The first kappa shape index (κ1) is 15.9. The van der Waals surface area contributed by atoms with Crippen molar-refractivity contribution < 1.29 is 23.8 Å². The van der Waals surface area contributed by atoms with Gasteiger partial charge in [-0.15, -0.1) is 0 Å². The molecule has 1 atom stereocenters. The van der Waals surface area contributed by atoms with E-state index in [2.05, 4.69) is 5.32 Å². The molecule has 1 unspecified atom stereocenters. The fourth-order valence-corrected chi connectivity index (χ4v) is 1.57. The molecule has 0 heterocycles. The molecule has 0 saturated carbocycles. The Balaban J connectivity index is 2.40. The van der Waals surface area contributed by atoms with Crippen LogP contribution in [-0.2, 0) is 9.59 Å². The largest absolute Gasteiger partial charge is 0.490 e. The second kappa shape index (κ2) is 7.47. The van der Waals surface area contributed by atoms with Crippen molar-refractivity contribution in [3.05, 3.63) is 30.1 Å². The van der Waals surface area contributed by atoms with E-state index < -0.39 is 23.7 Å². The summed E-state index contributed by atoms with van der Waals surface area (Å²) in [6, 6.07) is 4.94.